The van der Waals surface area contributed by atoms with Crippen molar-refractivity contribution in [2.24, 2.45) is 0 Å². The third kappa shape index (κ3) is 3.55. The van der Waals surface area contributed by atoms with Gasteiger partial charge in [-0.2, -0.15) is 13.8 Å². The summed E-state index contributed by atoms with van der Waals surface area (Å²) in [6, 6.07) is 9.01. The third-order valence-electron chi connectivity index (χ3n) is 4.74. The molecule has 5 heteroatoms. The van der Waals surface area contributed by atoms with Gasteiger partial charge in [-0.1, -0.05) is 12.1 Å². The van der Waals surface area contributed by atoms with Gasteiger partial charge in [0.15, 0.2) is 5.82 Å². The topological polar surface area (TPSA) is 22.1 Å². The van der Waals surface area contributed by atoms with Crippen LogP contribution in [0.3, 0.4) is 0 Å². The summed E-state index contributed by atoms with van der Waals surface area (Å²) in [4.78, 5) is 3.03. The number of hydrogen-bond acceptors (Lipinski definition) is 2. The second-order valence-corrected chi connectivity index (χ2v) is 6.19. The van der Waals surface area contributed by atoms with Crippen LogP contribution in [-0.2, 0) is 0 Å². The molecule has 3 rings (SSSR count). The van der Waals surface area contributed by atoms with Crippen molar-refractivity contribution in [3.63, 3.8) is 0 Å². The Labute approximate surface area is 139 Å². The number of pyridine rings is 1. The lowest BCUT2D eigenvalue weighted by atomic mass is 9.76. The summed E-state index contributed by atoms with van der Waals surface area (Å²) in [6.07, 6.45) is 3.25. The first-order chi connectivity index (χ1) is 11.6. The Kier molecular flexibility index (Phi) is 5.07. The maximum atomic E-state index is 13.8. The molecule has 1 aromatic heterocycles. The fourth-order valence-electron chi connectivity index (χ4n) is 3.49. The number of nitrogens with zero attached hydrogens (tertiary/aromatic N) is 1. The molecule has 1 aliphatic carbocycles. The van der Waals surface area contributed by atoms with Gasteiger partial charge in [0.1, 0.15) is 5.75 Å². The molecule has 0 saturated heterocycles. The molecule has 0 aliphatic heterocycles. The number of benzene rings is 1. The molecular formula is C19H20F3NO. The molecule has 0 atom stereocenters. The predicted molar refractivity (Wildman–Crippen MR) is 85.7 cm³/mol. The normalized spacial score (nSPS) is 20.8. The van der Waals surface area contributed by atoms with Gasteiger partial charge in [-0.15, -0.1) is 0 Å². The van der Waals surface area contributed by atoms with Crippen LogP contribution in [-0.4, -0.2) is 11.6 Å². The zero-order chi connectivity index (χ0) is 17.1. The molecular weight excluding hydrogens is 315 g/mol. The molecule has 0 spiro atoms. The number of halogens is 3. The SMILES string of the molecule is CCOc1ccc(C2CCC(c3cc(F)c(F)nc3F)CC2)cc1. The summed E-state index contributed by atoms with van der Waals surface area (Å²) in [5.41, 5.74) is 1.43. The average molecular weight is 335 g/mol. The van der Waals surface area contributed by atoms with Crippen molar-refractivity contribution >= 4 is 0 Å². The molecule has 1 saturated carbocycles. The van der Waals surface area contributed by atoms with Gasteiger partial charge >= 0.3 is 0 Å². The Morgan fingerprint density at radius 3 is 2.21 bits per heavy atom. The zero-order valence-electron chi connectivity index (χ0n) is 13.6. The molecule has 128 valence electrons. The molecule has 1 aliphatic rings. The van der Waals surface area contributed by atoms with E-state index in [1.54, 1.807) is 0 Å². The van der Waals surface area contributed by atoms with Gasteiger partial charge in [-0.25, -0.2) is 4.39 Å². The van der Waals surface area contributed by atoms with Crippen molar-refractivity contribution in [1.29, 1.82) is 0 Å². The van der Waals surface area contributed by atoms with Crippen LogP contribution in [0.5, 0.6) is 5.75 Å². The summed E-state index contributed by atoms with van der Waals surface area (Å²) in [5.74, 6) is -2.20. The molecule has 0 bridgehead atoms. The largest absolute Gasteiger partial charge is 0.494 e. The van der Waals surface area contributed by atoms with E-state index in [0.29, 0.717) is 12.5 Å². The van der Waals surface area contributed by atoms with Crippen LogP contribution in [0.1, 0.15) is 55.6 Å². The first-order valence-electron chi connectivity index (χ1n) is 8.32. The van der Waals surface area contributed by atoms with E-state index in [1.165, 1.54) is 5.56 Å². The standard InChI is InChI=1S/C19H20F3NO/c1-2-24-15-9-7-13(8-10-15)12-3-5-14(6-4-12)16-11-17(20)19(22)23-18(16)21/h7-12,14H,2-6H2,1H3. The van der Waals surface area contributed by atoms with Gasteiger partial charge in [-0.05, 0) is 68.2 Å². The van der Waals surface area contributed by atoms with E-state index >= 15 is 0 Å². The van der Waals surface area contributed by atoms with Crippen molar-refractivity contribution in [2.45, 2.75) is 44.4 Å². The first kappa shape index (κ1) is 16.8. The van der Waals surface area contributed by atoms with Gasteiger partial charge in [0.25, 0.3) is 5.95 Å². The van der Waals surface area contributed by atoms with Crippen LogP contribution in [0.4, 0.5) is 13.2 Å². The maximum absolute atomic E-state index is 13.8. The molecule has 2 nitrogen and oxygen atoms in total. The van der Waals surface area contributed by atoms with Gasteiger partial charge in [0.05, 0.1) is 6.61 Å². The summed E-state index contributed by atoms with van der Waals surface area (Å²) in [7, 11) is 0. The van der Waals surface area contributed by atoms with E-state index < -0.39 is 17.7 Å². The second kappa shape index (κ2) is 7.24. The minimum Gasteiger partial charge on any atom is -0.494 e. The maximum Gasteiger partial charge on any atom is 0.251 e. The predicted octanol–water partition coefficient (Wildman–Crippen LogP) is 5.34. The number of aromatic nitrogens is 1. The van der Waals surface area contributed by atoms with Gasteiger partial charge in [0, 0.05) is 5.56 Å². The molecule has 0 amide bonds. The Balaban J connectivity index is 1.66. The van der Waals surface area contributed by atoms with E-state index in [-0.39, 0.29) is 11.5 Å². The van der Waals surface area contributed by atoms with Gasteiger partial charge in [0.2, 0.25) is 5.95 Å². The Bertz CT molecular complexity index is 695. The van der Waals surface area contributed by atoms with Crippen molar-refractivity contribution in [3.05, 3.63) is 59.2 Å². The van der Waals surface area contributed by atoms with E-state index in [0.717, 1.165) is 37.5 Å². The summed E-state index contributed by atoms with van der Waals surface area (Å²) >= 11 is 0. The van der Waals surface area contributed by atoms with Gasteiger partial charge < -0.3 is 4.74 Å². The monoisotopic (exact) mass is 335 g/mol. The van der Waals surface area contributed by atoms with E-state index in [1.807, 2.05) is 19.1 Å². The molecule has 0 unspecified atom stereocenters. The summed E-state index contributed by atoms with van der Waals surface area (Å²) in [6.45, 7) is 2.58. The van der Waals surface area contributed by atoms with E-state index in [2.05, 4.69) is 17.1 Å². The smallest absolute Gasteiger partial charge is 0.251 e. The van der Waals surface area contributed by atoms with Crippen molar-refractivity contribution < 1.29 is 17.9 Å². The van der Waals surface area contributed by atoms with Crippen molar-refractivity contribution in [3.8, 4) is 5.75 Å². The summed E-state index contributed by atoms with van der Waals surface area (Å²) in [5, 5.41) is 0. The Morgan fingerprint density at radius 1 is 0.958 bits per heavy atom. The van der Waals surface area contributed by atoms with Crippen LogP contribution in [0.15, 0.2) is 30.3 Å². The fourth-order valence-corrected chi connectivity index (χ4v) is 3.49. The van der Waals surface area contributed by atoms with Crippen molar-refractivity contribution in [1.82, 2.24) is 4.98 Å². The lowest BCUT2D eigenvalue weighted by molar-refractivity contribution is 0.339. The van der Waals surface area contributed by atoms with Crippen LogP contribution >= 0.6 is 0 Å². The highest BCUT2D eigenvalue weighted by Crippen LogP contribution is 2.41. The minimum atomic E-state index is -1.38. The average Bonchev–Trinajstić information content (AvgIpc) is 2.59. The minimum absolute atomic E-state index is 0.105. The molecule has 24 heavy (non-hydrogen) atoms. The fraction of sp³-hybridized carbons (Fsp3) is 0.421. The number of ether oxygens (including phenoxy) is 1. The highest BCUT2D eigenvalue weighted by atomic mass is 19.2. The lowest BCUT2D eigenvalue weighted by Gasteiger charge is -2.29. The molecule has 0 radical (unpaired) electrons. The van der Waals surface area contributed by atoms with Gasteiger partial charge in [-0.3, -0.25) is 0 Å². The zero-order valence-corrected chi connectivity index (χ0v) is 13.6. The molecule has 2 aromatic rings. The first-order valence-corrected chi connectivity index (χ1v) is 8.32. The molecule has 1 heterocycles. The molecule has 1 fully saturated rings. The highest BCUT2D eigenvalue weighted by Gasteiger charge is 2.27. The van der Waals surface area contributed by atoms with E-state index in [4.69, 9.17) is 4.74 Å². The van der Waals surface area contributed by atoms with Crippen LogP contribution in [0.2, 0.25) is 0 Å². The Hall–Kier alpha value is -2.04. The Morgan fingerprint density at radius 2 is 1.58 bits per heavy atom. The number of rotatable bonds is 4. The number of hydrogen-bond donors (Lipinski definition) is 0. The molecule has 0 N–H and O–H groups in total. The van der Waals surface area contributed by atoms with Crippen LogP contribution in [0, 0.1) is 17.7 Å². The van der Waals surface area contributed by atoms with Crippen molar-refractivity contribution in [2.75, 3.05) is 6.61 Å². The lowest BCUT2D eigenvalue weighted by Crippen LogP contribution is -2.14. The second-order valence-electron chi connectivity index (χ2n) is 6.19. The van der Waals surface area contributed by atoms with E-state index in [9.17, 15) is 13.2 Å². The highest BCUT2D eigenvalue weighted by molar-refractivity contribution is 5.30. The van der Waals surface area contributed by atoms with Crippen LogP contribution < -0.4 is 4.74 Å². The molecule has 1 aromatic carbocycles. The quantitative estimate of drug-likeness (QED) is 0.704. The third-order valence-corrected chi connectivity index (χ3v) is 4.74. The van der Waals surface area contributed by atoms with Crippen LogP contribution in [0.25, 0.3) is 0 Å². The summed E-state index contributed by atoms with van der Waals surface area (Å²) < 4.78 is 45.6.